The summed E-state index contributed by atoms with van der Waals surface area (Å²) in [7, 11) is 0. The van der Waals surface area contributed by atoms with Crippen molar-refractivity contribution >= 4 is 29.4 Å². The number of fused-ring (bicyclic) bond motifs is 1. The standard InChI is InChI=1S/C15H16N2/c1-11(2)6-7-13-9-8-12-5-4-10-17-15(12)14(13)16-3/h4-11H,3H2,1-2H3/b7-6-. The van der Waals surface area contributed by atoms with E-state index in [9.17, 15) is 0 Å². The van der Waals surface area contributed by atoms with E-state index in [2.05, 4.69) is 54.8 Å². The molecule has 2 nitrogen and oxygen atoms in total. The van der Waals surface area contributed by atoms with Crippen LogP contribution in [0.5, 0.6) is 0 Å². The van der Waals surface area contributed by atoms with Gasteiger partial charge in [-0.05, 0) is 18.7 Å². The van der Waals surface area contributed by atoms with E-state index in [1.807, 2.05) is 12.1 Å². The molecule has 0 saturated heterocycles. The molecular formula is C15H16N2. The first-order chi connectivity index (χ1) is 8.22. The van der Waals surface area contributed by atoms with Gasteiger partial charge in [-0.1, -0.05) is 44.2 Å². The van der Waals surface area contributed by atoms with E-state index in [1.54, 1.807) is 6.20 Å². The SMILES string of the molecule is C=Nc1c(/C=C\C(C)C)ccc2cccnc12. The van der Waals surface area contributed by atoms with Crippen LogP contribution in [-0.4, -0.2) is 11.7 Å². The van der Waals surface area contributed by atoms with Crippen molar-refractivity contribution in [3.63, 3.8) is 0 Å². The summed E-state index contributed by atoms with van der Waals surface area (Å²) in [6.45, 7) is 7.94. The molecule has 0 unspecified atom stereocenters. The summed E-state index contributed by atoms with van der Waals surface area (Å²) in [6.07, 6.45) is 6.02. The number of hydrogen-bond acceptors (Lipinski definition) is 2. The minimum atomic E-state index is 0.520. The summed E-state index contributed by atoms with van der Waals surface area (Å²) in [5, 5.41) is 1.09. The summed E-state index contributed by atoms with van der Waals surface area (Å²) in [5.74, 6) is 0.520. The predicted octanol–water partition coefficient (Wildman–Crippen LogP) is 4.24. The van der Waals surface area contributed by atoms with Crippen LogP contribution in [0.15, 0.2) is 41.5 Å². The summed E-state index contributed by atoms with van der Waals surface area (Å²) < 4.78 is 0. The lowest BCUT2D eigenvalue weighted by molar-refractivity contribution is 0.836. The molecule has 0 atom stereocenters. The molecule has 2 aromatic rings. The number of pyridine rings is 1. The zero-order chi connectivity index (χ0) is 12.3. The van der Waals surface area contributed by atoms with Gasteiger partial charge in [0, 0.05) is 17.1 Å². The van der Waals surface area contributed by atoms with E-state index in [0.29, 0.717) is 5.92 Å². The lowest BCUT2D eigenvalue weighted by Gasteiger charge is -2.05. The van der Waals surface area contributed by atoms with Gasteiger partial charge in [0.15, 0.2) is 0 Å². The molecule has 2 heteroatoms. The van der Waals surface area contributed by atoms with Crippen molar-refractivity contribution in [2.75, 3.05) is 0 Å². The van der Waals surface area contributed by atoms with Crippen molar-refractivity contribution < 1.29 is 0 Å². The minimum absolute atomic E-state index is 0.520. The van der Waals surface area contributed by atoms with Crippen LogP contribution in [0.4, 0.5) is 5.69 Å². The number of benzene rings is 1. The summed E-state index contributed by atoms with van der Waals surface area (Å²) in [5.41, 5.74) is 2.84. The Morgan fingerprint density at radius 1 is 1.29 bits per heavy atom. The molecule has 2 rings (SSSR count). The normalized spacial score (nSPS) is 11.5. The van der Waals surface area contributed by atoms with E-state index in [4.69, 9.17) is 0 Å². The van der Waals surface area contributed by atoms with Crippen LogP contribution in [-0.2, 0) is 0 Å². The Hall–Kier alpha value is -1.96. The first kappa shape index (κ1) is 11.5. The van der Waals surface area contributed by atoms with Gasteiger partial charge in [0.25, 0.3) is 0 Å². The van der Waals surface area contributed by atoms with Crippen LogP contribution >= 0.6 is 0 Å². The lowest BCUT2D eigenvalue weighted by atomic mass is 10.1. The molecule has 0 fully saturated rings. The molecular weight excluding hydrogens is 208 g/mol. The number of hydrogen-bond donors (Lipinski definition) is 0. The molecule has 0 saturated carbocycles. The average Bonchev–Trinajstić information content (AvgIpc) is 2.35. The van der Waals surface area contributed by atoms with Crippen molar-refractivity contribution in [3.05, 3.63) is 42.1 Å². The van der Waals surface area contributed by atoms with Crippen molar-refractivity contribution in [1.29, 1.82) is 0 Å². The Morgan fingerprint density at radius 2 is 2.12 bits per heavy atom. The fraction of sp³-hybridized carbons (Fsp3) is 0.200. The maximum atomic E-state index is 4.37. The van der Waals surface area contributed by atoms with Gasteiger partial charge in [-0.15, -0.1) is 0 Å². The second-order valence-electron chi connectivity index (χ2n) is 4.34. The Bertz CT molecular complexity index is 568. The third-order valence-electron chi connectivity index (χ3n) is 2.60. The number of aliphatic imine (C=N–C) groups is 1. The Kier molecular flexibility index (Phi) is 3.33. The molecule has 0 spiro atoms. The van der Waals surface area contributed by atoms with Crippen molar-refractivity contribution in [1.82, 2.24) is 4.98 Å². The second kappa shape index (κ2) is 4.91. The fourth-order valence-corrected chi connectivity index (χ4v) is 1.74. The maximum absolute atomic E-state index is 4.37. The zero-order valence-electron chi connectivity index (χ0n) is 10.2. The van der Waals surface area contributed by atoms with E-state index in [-0.39, 0.29) is 0 Å². The van der Waals surface area contributed by atoms with Gasteiger partial charge in [0.1, 0.15) is 0 Å². The molecule has 0 aliphatic rings. The summed E-state index contributed by atoms with van der Waals surface area (Å²) >= 11 is 0. The van der Waals surface area contributed by atoms with Gasteiger partial charge in [-0.3, -0.25) is 9.98 Å². The quantitative estimate of drug-likeness (QED) is 0.716. The Balaban J connectivity index is 2.61. The summed E-state index contributed by atoms with van der Waals surface area (Å²) in [4.78, 5) is 8.48. The third kappa shape index (κ3) is 2.41. The van der Waals surface area contributed by atoms with Gasteiger partial charge in [-0.25, -0.2) is 0 Å². The Morgan fingerprint density at radius 3 is 2.82 bits per heavy atom. The van der Waals surface area contributed by atoms with Crippen molar-refractivity contribution in [3.8, 4) is 0 Å². The molecule has 1 heterocycles. The first-order valence-electron chi connectivity index (χ1n) is 5.75. The van der Waals surface area contributed by atoms with Gasteiger partial charge < -0.3 is 0 Å². The number of nitrogens with zero attached hydrogens (tertiary/aromatic N) is 2. The monoisotopic (exact) mass is 224 g/mol. The molecule has 0 radical (unpaired) electrons. The molecule has 0 aliphatic heterocycles. The highest BCUT2D eigenvalue weighted by Gasteiger charge is 2.04. The number of aromatic nitrogens is 1. The van der Waals surface area contributed by atoms with Crippen LogP contribution in [0.25, 0.3) is 17.0 Å². The molecule has 1 aromatic carbocycles. The molecule has 1 aromatic heterocycles. The third-order valence-corrected chi connectivity index (χ3v) is 2.60. The largest absolute Gasteiger partial charge is 0.262 e. The van der Waals surface area contributed by atoms with Crippen LogP contribution < -0.4 is 0 Å². The number of allylic oxidation sites excluding steroid dienone is 1. The summed E-state index contributed by atoms with van der Waals surface area (Å²) in [6, 6.07) is 8.09. The molecule has 0 bridgehead atoms. The van der Waals surface area contributed by atoms with E-state index in [1.165, 1.54) is 0 Å². The highest BCUT2D eigenvalue weighted by atomic mass is 14.8. The van der Waals surface area contributed by atoms with Crippen LogP contribution in [0.2, 0.25) is 0 Å². The van der Waals surface area contributed by atoms with Crippen molar-refractivity contribution in [2.45, 2.75) is 13.8 Å². The van der Waals surface area contributed by atoms with Gasteiger partial charge >= 0.3 is 0 Å². The highest BCUT2D eigenvalue weighted by molar-refractivity contribution is 5.93. The molecule has 0 N–H and O–H groups in total. The van der Waals surface area contributed by atoms with E-state index < -0.39 is 0 Å². The fourth-order valence-electron chi connectivity index (χ4n) is 1.74. The number of rotatable bonds is 3. The van der Waals surface area contributed by atoms with Gasteiger partial charge in [0.2, 0.25) is 0 Å². The molecule has 0 amide bonds. The molecule has 17 heavy (non-hydrogen) atoms. The predicted molar refractivity (Wildman–Crippen MR) is 74.8 cm³/mol. The maximum Gasteiger partial charge on any atom is 0.0964 e. The van der Waals surface area contributed by atoms with Crippen LogP contribution in [0.1, 0.15) is 19.4 Å². The van der Waals surface area contributed by atoms with Crippen molar-refractivity contribution in [2.24, 2.45) is 10.9 Å². The van der Waals surface area contributed by atoms with E-state index >= 15 is 0 Å². The second-order valence-corrected chi connectivity index (χ2v) is 4.34. The smallest absolute Gasteiger partial charge is 0.0964 e. The minimum Gasteiger partial charge on any atom is -0.262 e. The lowest BCUT2D eigenvalue weighted by Crippen LogP contribution is -1.83. The Labute approximate surface area is 102 Å². The van der Waals surface area contributed by atoms with E-state index in [0.717, 1.165) is 22.2 Å². The molecule has 0 aliphatic carbocycles. The zero-order valence-corrected chi connectivity index (χ0v) is 10.2. The van der Waals surface area contributed by atoms with Crippen LogP contribution in [0.3, 0.4) is 0 Å². The van der Waals surface area contributed by atoms with Crippen LogP contribution in [0, 0.1) is 5.92 Å². The average molecular weight is 224 g/mol. The highest BCUT2D eigenvalue weighted by Crippen LogP contribution is 2.29. The van der Waals surface area contributed by atoms with Gasteiger partial charge in [0.05, 0.1) is 11.2 Å². The molecule has 86 valence electrons. The topological polar surface area (TPSA) is 25.2 Å². The first-order valence-corrected chi connectivity index (χ1v) is 5.75. The van der Waals surface area contributed by atoms with Gasteiger partial charge in [-0.2, -0.15) is 0 Å².